The van der Waals surface area contributed by atoms with E-state index in [0.717, 1.165) is 12.8 Å². The van der Waals surface area contributed by atoms with Crippen LogP contribution in [0.5, 0.6) is 5.75 Å². The predicted octanol–water partition coefficient (Wildman–Crippen LogP) is 2.43. The van der Waals surface area contributed by atoms with Crippen molar-refractivity contribution in [2.24, 2.45) is 0 Å². The van der Waals surface area contributed by atoms with Gasteiger partial charge in [0.1, 0.15) is 5.75 Å². The van der Waals surface area contributed by atoms with E-state index in [0.29, 0.717) is 11.4 Å². The molecule has 2 N–H and O–H groups in total. The Hall–Kier alpha value is -0.710. The van der Waals surface area contributed by atoms with Gasteiger partial charge in [0.05, 0.1) is 14.7 Å². The van der Waals surface area contributed by atoms with Crippen molar-refractivity contribution in [1.82, 2.24) is 4.72 Å². The Balaban J connectivity index is 2.86. The highest BCUT2D eigenvalue weighted by atomic mass is 35.5. The smallest absolute Gasteiger partial charge is 0.135 e. The van der Waals surface area contributed by atoms with Gasteiger partial charge >= 0.3 is 0 Å². The van der Waals surface area contributed by atoms with Crippen LogP contribution in [0, 0.1) is 0 Å². The minimum atomic E-state index is -2.54. The van der Waals surface area contributed by atoms with Crippen LogP contribution in [0.1, 0.15) is 19.8 Å². The first kappa shape index (κ1) is 13.4. The van der Waals surface area contributed by atoms with Crippen LogP contribution in [0.25, 0.3) is 0 Å². The lowest BCUT2D eigenvalue weighted by Crippen LogP contribution is -2.24. The molecule has 0 heterocycles. The second-order valence-corrected chi connectivity index (χ2v) is 6.05. The van der Waals surface area contributed by atoms with Crippen molar-refractivity contribution in [1.29, 1.82) is 0 Å². The van der Waals surface area contributed by atoms with Crippen molar-refractivity contribution in [2.75, 3.05) is 6.54 Å². The molecule has 1 aromatic rings. The van der Waals surface area contributed by atoms with Crippen LogP contribution in [0.4, 0.5) is 0 Å². The number of phenols is 1. The summed E-state index contributed by atoms with van der Waals surface area (Å²) in [7, 11) is -2.54. The zero-order chi connectivity index (χ0) is 12.2. The molecule has 0 bridgehead atoms. The summed E-state index contributed by atoms with van der Waals surface area (Å²) in [6, 6.07) is 4.51. The van der Waals surface area contributed by atoms with Crippen molar-refractivity contribution in [3.8, 4) is 5.75 Å². The topological polar surface area (TPSA) is 49.3 Å². The first-order valence-corrected chi connectivity index (χ1v) is 7.18. The van der Waals surface area contributed by atoms with Crippen molar-refractivity contribution in [3.05, 3.63) is 23.2 Å². The molecule has 0 aliphatic carbocycles. The monoisotopic (exact) mass is 261 g/mol. The van der Waals surface area contributed by atoms with E-state index in [2.05, 4.69) is 17.5 Å². The molecule has 16 heavy (non-hydrogen) atoms. The van der Waals surface area contributed by atoms with Gasteiger partial charge in [0.2, 0.25) is 0 Å². The highest BCUT2D eigenvalue weighted by Gasteiger charge is 2.09. The maximum atomic E-state index is 12.1. The SMILES string of the molecule is C=S(=O)(NCCCC)c1ccc(Cl)c(O)c1. The standard InChI is InChI=1S/C11H16ClNO2S/c1-3-4-7-13-16(2,15)9-5-6-10(12)11(14)8-9/h5-6,8,14H,2-4,7H2,1H3,(H,13,15). The molecule has 0 radical (unpaired) electrons. The van der Waals surface area contributed by atoms with Crippen LogP contribution in [0.3, 0.4) is 0 Å². The highest BCUT2D eigenvalue weighted by molar-refractivity contribution is 7.98. The summed E-state index contributed by atoms with van der Waals surface area (Å²) in [5.41, 5.74) is 0. The molecule has 0 spiro atoms. The summed E-state index contributed by atoms with van der Waals surface area (Å²) in [4.78, 5) is 0.463. The van der Waals surface area contributed by atoms with E-state index in [1.807, 2.05) is 0 Å². The molecule has 0 aromatic heterocycles. The van der Waals surface area contributed by atoms with Gasteiger partial charge in [-0.05, 0) is 30.5 Å². The molecule has 1 unspecified atom stereocenters. The van der Waals surface area contributed by atoms with Crippen molar-refractivity contribution >= 4 is 27.2 Å². The zero-order valence-corrected chi connectivity index (χ0v) is 10.8. The minimum absolute atomic E-state index is 0.0761. The van der Waals surface area contributed by atoms with Crippen LogP contribution >= 0.6 is 11.6 Å². The number of hydrogen-bond acceptors (Lipinski definition) is 2. The average molecular weight is 262 g/mol. The second kappa shape index (κ2) is 5.57. The Morgan fingerprint density at radius 3 is 2.81 bits per heavy atom. The van der Waals surface area contributed by atoms with Crippen LogP contribution < -0.4 is 4.72 Å². The average Bonchev–Trinajstić information content (AvgIpc) is 2.22. The summed E-state index contributed by atoms with van der Waals surface area (Å²) in [6.07, 6.45) is 1.96. The molecular formula is C11H16ClNO2S. The normalized spacial score (nSPS) is 14.6. The lowest BCUT2D eigenvalue weighted by atomic mass is 10.3. The maximum absolute atomic E-state index is 12.1. The molecule has 3 nitrogen and oxygen atoms in total. The van der Waals surface area contributed by atoms with Crippen molar-refractivity contribution in [3.63, 3.8) is 0 Å². The number of halogens is 1. The van der Waals surface area contributed by atoms with E-state index in [1.165, 1.54) is 12.1 Å². The molecule has 0 saturated heterocycles. The van der Waals surface area contributed by atoms with Gasteiger partial charge in [0, 0.05) is 11.4 Å². The lowest BCUT2D eigenvalue weighted by molar-refractivity contribution is 0.474. The highest BCUT2D eigenvalue weighted by Crippen LogP contribution is 2.25. The van der Waals surface area contributed by atoms with Crippen LogP contribution in [0.15, 0.2) is 23.1 Å². The van der Waals surface area contributed by atoms with E-state index in [9.17, 15) is 9.32 Å². The number of nitrogens with one attached hydrogen (secondary N) is 1. The molecule has 0 amide bonds. The van der Waals surface area contributed by atoms with Crippen LogP contribution in [0.2, 0.25) is 5.02 Å². The summed E-state index contributed by atoms with van der Waals surface area (Å²) in [5, 5.41) is 9.67. The molecule has 1 rings (SSSR count). The van der Waals surface area contributed by atoms with Gasteiger partial charge < -0.3 is 5.11 Å². The van der Waals surface area contributed by atoms with Gasteiger partial charge in [0.15, 0.2) is 0 Å². The summed E-state index contributed by atoms with van der Waals surface area (Å²) in [6.45, 7) is 2.70. The van der Waals surface area contributed by atoms with Gasteiger partial charge in [-0.2, -0.15) is 0 Å². The fourth-order valence-corrected chi connectivity index (χ4v) is 2.54. The van der Waals surface area contributed by atoms with Gasteiger partial charge in [-0.3, -0.25) is 0 Å². The molecule has 5 heteroatoms. The Kier molecular flexibility index (Phi) is 4.65. The van der Waals surface area contributed by atoms with Gasteiger partial charge in [0.25, 0.3) is 0 Å². The van der Waals surface area contributed by atoms with Crippen LogP contribution in [-0.4, -0.2) is 21.7 Å². The van der Waals surface area contributed by atoms with Gasteiger partial charge in [-0.1, -0.05) is 24.9 Å². The largest absolute Gasteiger partial charge is 0.506 e. The quantitative estimate of drug-likeness (QED) is 0.632. The van der Waals surface area contributed by atoms with E-state index in [-0.39, 0.29) is 10.8 Å². The van der Waals surface area contributed by atoms with Gasteiger partial charge in [-0.25, -0.2) is 8.93 Å². The maximum Gasteiger partial charge on any atom is 0.135 e. The van der Waals surface area contributed by atoms with E-state index in [4.69, 9.17) is 11.6 Å². The number of benzene rings is 1. The number of hydrogen-bond donors (Lipinski definition) is 2. The third kappa shape index (κ3) is 3.40. The fraction of sp³-hybridized carbons (Fsp3) is 0.364. The number of phenolic OH excluding ortho intramolecular Hbond substituents is 1. The van der Waals surface area contributed by atoms with E-state index >= 15 is 0 Å². The minimum Gasteiger partial charge on any atom is -0.506 e. The summed E-state index contributed by atoms with van der Waals surface area (Å²) >= 11 is 5.67. The molecule has 0 aliphatic rings. The lowest BCUT2D eigenvalue weighted by Gasteiger charge is -2.11. The molecule has 0 saturated carbocycles. The number of rotatable bonds is 5. The Morgan fingerprint density at radius 2 is 2.25 bits per heavy atom. The second-order valence-electron chi connectivity index (χ2n) is 3.54. The van der Waals surface area contributed by atoms with E-state index < -0.39 is 9.71 Å². The predicted molar refractivity (Wildman–Crippen MR) is 69.6 cm³/mol. The number of aromatic hydroxyl groups is 1. The van der Waals surface area contributed by atoms with Crippen molar-refractivity contribution < 1.29 is 9.32 Å². The summed E-state index contributed by atoms with van der Waals surface area (Å²) in [5.74, 6) is 3.57. The molecule has 1 aromatic carbocycles. The Labute approximate surface area is 102 Å². The van der Waals surface area contributed by atoms with Crippen molar-refractivity contribution in [2.45, 2.75) is 24.7 Å². The van der Waals surface area contributed by atoms with Gasteiger partial charge in [-0.15, -0.1) is 0 Å². The fourth-order valence-electron chi connectivity index (χ4n) is 1.19. The molecule has 0 fully saturated rings. The molecule has 1 atom stereocenters. The first-order valence-electron chi connectivity index (χ1n) is 5.07. The number of unbranched alkanes of at least 4 members (excludes halogenated alkanes) is 1. The summed E-state index contributed by atoms with van der Waals surface area (Å²) < 4.78 is 15.0. The first-order chi connectivity index (χ1) is 7.47. The molecule has 90 valence electrons. The van der Waals surface area contributed by atoms with E-state index in [1.54, 1.807) is 6.07 Å². The molecular weight excluding hydrogens is 246 g/mol. The zero-order valence-electron chi connectivity index (χ0n) is 9.20. The third-order valence-electron chi connectivity index (χ3n) is 2.16. The molecule has 0 aliphatic heterocycles. The third-order valence-corrected chi connectivity index (χ3v) is 4.17. The Bertz CT molecular complexity index is 457. The van der Waals surface area contributed by atoms with Crippen LogP contribution in [-0.2, 0) is 9.71 Å². The Morgan fingerprint density at radius 1 is 1.56 bits per heavy atom.